The lowest BCUT2D eigenvalue weighted by Crippen LogP contribution is -2.52. The average molecular weight is 330 g/mol. The summed E-state index contributed by atoms with van der Waals surface area (Å²) < 4.78 is 40.0. The largest absolute Gasteiger partial charge is 0.479 e. The van der Waals surface area contributed by atoms with Crippen LogP contribution in [0.5, 0.6) is 0 Å². The molecule has 1 unspecified atom stereocenters. The third-order valence-electron chi connectivity index (χ3n) is 3.45. The van der Waals surface area contributed by atoms with Gasteiger partial charge in [-0.1, -0.05) is 17.7 Å². The fourth-order valence-electron chi connectivity index (χ4n) is 2.22. The van der Waals surface area contributed by atoms with Crippen molar-refractivity contribution in [2.45, 2.75) is 25.6 Å². The molecule has 0 radical (unpaired) electrons. The molecule has 0 aliphatic carbocycles. The maximum atomic E-state index is 13.1. The van der Waals surface area contributed by atoms with Crippen LogP contribution in [0.1, 0.15) is 16.8 Å². The SMILES string of the molecule is Cc1ccc(-n2[nH]c(C)c(C(O)(C(=O)O)C(F)(F)F)c2=O)cc1. The molecule has 6 nitrogen and oxygen atoms in total. The van der Waals surface area contributed by atoms with E-state index >= 15 is 0 Å². The maximum absolute atomic E-state index is 13.1. The first-order chi connectivity index (χ1) is 10.5. The highest BCUT2D eigenvalue weighted by atomic mass is 19.4. The van der Waals surface area contributed by atoms with Crippen molar-refractivity contribution in [1.82, 2.24) is 9.78 Å². The van der Waals surface area contributed by atoms with Crippen molar-refractivity contribution in [3.63, 3.8) is 0 Å². The Hall–Kier alpha value is -2.55. The molecule has 0 saturated carbocycles. The predicted octanol–water partition coefficient (Wildman–Crippen LogP) is 1.62. The molecule has 23 heavy (non-hydrogen) atoms. The molecule has 1 heterocycles. The monoisotopic (exact) mass is 330 g/mol. The molecule has 0 bridgehead atoms. The third-order valence-corrected chi connectivity index (χ3v) is 3.45. The Balaban J connectivity index is 2.73. The van der Waals surface area contributed by atoms with Gasteiger partial charge in [0.25, 0.3) is 11.2 Å². The smallest absolute Gasteiger partial charge is 0.432 e. The molecule has 2 rings (SSSR count). The number of aliphatic hydroxyl groups is 1. The number of H-pyrrole nitrogens is 1. The fraction of sp³-hybridized carbons (Fsp3) is 0.286. The second-order valence-corrected chi connectivity index (χ2v) is 5.10. The first-order valence-electron chi connectivity index (χ1n) is 6.41. The zero-order valence-corrected chi connectivity index (χ0v) is 12.1. The van der Waals surface area contributed by atoms with Crippen LogP contribution in [0.3, 0.4) is 0 Å². The number of aliphatic carboxylic acids is 1. The Morgan fingerprint density at radius 2 is 1.70 bits per heavy atom. The summed E-state index contributed by atoms with van der Waals surface area (Å²) >= 11 is 0. The van der Waals surface area contributed by atoms with Gasteiger partial charge in [-0.25, -0.2) is 9.48 Å². The Kier molecular flexibility index (Phi) is 3.85. The second kappa shape index (κ2) is 5.27. The number of aromatic amines is 1. The minimum Gasteiger partial charge on any atom is -0.479 e. The number of carbonyl (C=O) groups is 1. The van der Waals surface area contributed by atoms with Gasteiger partial charge in [0.2, 0.25) is 0 Å². The molecule has 0 aliphatic rings. The summed E-state index contributed by atoms with van der Waals surface area (Å²) in [7, 11) is 0. The average Bonchev–Trinajstić information content (AvgIpc) is 2.73. The van der Waals surface area contributed by atoms with E-state index in [0.29, 0.717) is 0 Å². The van der Waals surface area contributed by atoms with Gasteiger partial charge in [0.15, 0.2) is 0 Å². The van der Waals surface area contributed by atoms with Crippen molar-refractivity contribution < 1.29 is 28.2 Å². The predicted molar refractivity (Wildman–Crippen MR) is 73.5 cm³/mol. The topological polar surface area (TPSA) is 95.3 Å². The molecular formula is C14H13F3N2O4. The van der Waals surface area contributed by atoms with E-state index in [1.807, 2.05) is 0 Å². The van der Waals surface area contributed by atoms with Crippen molar-refractivity contribution in [2.75, 3.05) is 0 Å². The summed E-state index contributed by atoms with van der Waals surface area (Å²) in [4.78, 5) is 23.3. The molecule has 0 aliphatic heterocycles. The van der Waals surface area contributed by atoms with Gasteiger partial charge in [-0.15, -0.1) is 0 Å². The molecule has 1 aromatic carbocycles. The number of hydrogen-bond donors (Lipinski definition) is 3. The van der Waals surface area contributed by atoms with E-state index in [1.165, 1.54) is 12.1 Å². The number of halogens is 3. The molecule has 2 aromatic rings. The number of nitrogens with one attached hydrogen (secondary N) is 1. The van der Waals surface area contributed by atoms with Crippen molar-refractivity contribution >= 4 is 5.97 Å². The van der Waals surface area contributed by atoms with Crippen LogP contribution in [0.2, 0.25) is 0 Å². The highest BCUT2D eigenvalue weighted by molar-refractivity contribution is 5.80. The van der Waals surface area contributed by atoms with Crippen LogP contribution in [0, 0.1) is 13.8 Å². The molecule has 3 N–H and O–H groups in total. The molecule has 0 saturated heterocycles. The summed E-state index contributed by atoms with van der Waals surface area (Å²) in [5, 5.41) is 20.9. The molecule has 0 amide bonds. The Morgan fingerprint density at radius 3 is 2.13 bits per heavy atom. The van der Waals surface area contributed by atoms with Crippen LogP contribution in [0.15, 0.2) is 29.1 Å². The molecule has 9 heteroatoms. The normalized spacial score (nSPS) is 14.5. The molecule has 0 fully saturated rings. The van der Waals surface area contributed by atoms with Crippen LogP contribution in [0.4, 0.5) is 13.2 Å². The molecular weight excluding hydrogens is 317 g/mol. The first kappa shape index (κ1) is 16.8. The summed E-state index contributed by atoms with van der Waals surface area (Å²) in [5.74, 6) is -2.57. The quantitative estimate of drug-likeness (QED) is 0.797. The van der Waals surface area contributed by atoms with Crippen LogP contribution >= 0.6 is 0 Å². The molecule has 124 valence electrons. The molecule has 1 atom stereocenters. The lowest BCUT2D eigenvalue weighted by Gasteiger charge is -2.24. The van der Waals surface area contributed by atoms with Gasteiger partial charge in [-0.3, -0.25) is 9.89 Å². The Bertz CT molecular complexity index is 805. The number of hydrogen-bond acceptors (Lipinski definition) is 3. The van der Waals surface area contributed by atoms with Crippen LogP contribution in [-0.4, -0.2) is 32.1 Å². The molecule has 1 aromatic heterocycles. The Morgan fingerprint density at radius 1 is 1.17 bits per heavy atom. The van der Waals surface area contributed by atoms with E-state index < -0.39 is 34.6 Å². The van der Waals surface area contributed by atoms with E-state index in [4.69, 9.17) is 5.11 Å². The van der Waals surface area contributed by atoms with E-state index in [0.717, 1.165) is 17.2 Å². The van der Waals surface area contributed by atoms with Crippen LogP contribution in [-0.2, 0) is 10.4 Å². The van der Waals surface area contributed by atoms with Gasteiger partial charge in [-0.2, -0.15) is 13.2 Å². The number of alkyl halides is 3. The van der Waals surface area contributed by atoms with Gasteiger partial charge >= 0.3 is 12.1 Å². The highest BCUT2D eigenvalue weighted by Crippen LogP contribution is 2.39. The third kappa shape index (κ3) is 2.52. The van der Waals surface area contributed by atoms with Gasteiger partial charge in [0.05, 0.1) is 11.3 Å². The van der Waals surface area contributed by atoms with Crippen molar-refractivity contribution in [3.8, 4) is 5.69 Å². The fourth-order valence-corrected chi connectivity index (χ4v) is 2.22. The number of carboxylic acids is 1. The summed E-state index contributed by atoms with van der Waals surface area (Å²) in [6.45, 7) is 2.87. The zero-order valence-electron chi connectivity index (χ0n) is 12.1. The van der Waals surface area contributed by atoms with Crippen LogP contribution in [0.25, 0.3) is 5.69 Å². The maximum Gasteiger partial charge on any atom is 0.432 e. The van der Waals surface area contributed by atoms with E-state index in [2.05, 4.69) is 5.10 Å². The number of aromatic nitrogens is 2. The minimum atomic E-state index is -5.56. The summed E-state index contributed by atoms with van der Waals surface area (Å²) in [6, 6.07) is 6.21. The number of benzene rings is 1. The van der Waals surface area contributed by atoms with Crippen LogP contribution < -0.4 is 5.56 Å². The first-order valence-corrected chi connectivity index (χ1v) is 6.41. The van der Waals surface area contributed by atoms with Crippen molar-refractivity contribution in [1.29, 1.82) is 0 Å². The van der Waals surface area contributed by atoms with Crippen molar-refractivity contribution in [3.05, 3.63) is 51.4 Å². The van der Waals surface area contributed by atoms with Gasteiger partial charge < -0.3 is 10.2 Å². The zero-order chi connectivity index (χ0) is 17.6. The van der Waals surface area contributed by atoms with E-state index in [1.54, 1.807) is 19.1 Å². The molecule has 0 spiro atoms. The highest BCUT2D eigenvalue weighted by Gasteiger charge is 2.64. The summed E-state index contributed by atoms with van der Waals surface area (Å²) in [6.07, 6.45) is -5.56. The second-order valence-electron chi connectivity index (χ2n) is 5.10. The van der Waals surface area contributed by atoms with Gasteiger partial charge in [0.1, 0.15) is 0 Å². The number of rotatable bonds is 3. The van der Waals surface area contributed by atoms with Crippen molar-refractivity contribution in [2.24, 2.45) is 0 Å². The minimum absolute atomic E-state index is 0.213. The number of aryl methyl sites for hydroxylation is 2. The lowest BCUT2D eigenvalue weighted by atomic mass is 9.93. The standard InChI is InChI=1S/C14H13F3N2O4/c1-7-3-5-9(6-4-7)19-11(20)10(8(2)18-19)13(23,12(21)22)14(15,16)17/h3-6,18,23H,1-2H3,(H,21,22). The van der Waals surface area contributed by atoms with Gasteiger partial charge in [0, 0.05) is 5.69 Å². The van der Waals surface area contributed by atoms with E-state index in [9.17, 15) is 27.9 Å². The van der Waals surface area contributed by atoms with E-state index in [-0.39, 0.29) is 5.69 Å². The summed E-state index contributed by atoms with van der Waals surface area (Å²) in [5.41, 5.74) is -6.15. The Labute approximate surface area is 127 Å². The van der Waals surface area contributed by atoms with Gasteiger partial charge in [-0.05, 0) is 26.0 Å². The number of carboxylic acid groups (broad SMARTS) is 1. The number of nitrogens with zero attached hydrogens (tertiary/aromatic N) is 1. The lowest BCUT2D eigenvalue weighted by molar-refractivity contribution is -0.265.